The van der Waals surface area contributed by atoms with E-state index in [1.165, 1.54) is 18.2 Å². The van der Waals surface area contributed by atoms with E-state index in [0.29, 0.717) is 17.7 Å². The van der Waals surface area contributed by atoms with E-state index in [9.17, 15) is 40.3 Å². The molecule has 37 heavy (non-hydrogen) atoms. The van der Waals surface area contributed by atoms with Gasteiger partial charge in [0.15, 0.2) is 5.78 Å². The van der Waals surface area contributed by atoms with E-state index in [-0.39, 0.29) is 43.0 Å². The number of nitrogens with zero attached hydrogens (tertiary/aromatic N) is 1. The van der Waals surface area contributed by atoms with Gasteiger partial charge in [-0.15, -0.1) is 0 Å². The molecule has 11 heteroatoms. The standard InChI is InChI=1S/C26H26F7NO3/c1-24(2,3)37-23(36)34-14-20(27)13-21(34)22(35)8-7-15-5-4-6-16(9-15)17-10-18(25(28,29)30)12-19(11-17)26(31,32)33/h4-6,9-12,20-21H,7-8,13-14H2,1-3H3/t20-,21-/m0/s1. The van der Waals surface area contributed by atoms with Crippen molar-refractivity contribution in [2.75, 3.05) is 6.54 Å². The quantitative estimate of drug-likeness (QED) is 0.381. The number of amides is 1. The zero-order chi connectivity index (χ0) is 27.8. The first-order valence-electron chi connectivity index (χ1n) is 11.5. The molecule has 1 aliphatic heterocycles. The molecule has 3 rings (SSSR count). The number of halogens is 7. The molecule has 0 saturated carbocycles. The molecule has 0 aliphatic carbocycles. The number of hydrogen-bond donors (Lipinski definition) is 0. The lowest BCUT2D eigenvalue weighted by Crippen LogP contribution is -2.43. The SMILES string of the molecule is CC(C)(C)OC(=O)N1C[C@@H](F)C[C@H]1C(=O)CCc1cccc(-c2cc(C(F)(F)F)cc(C(F)(F)F)c2)c1. The van der Waals surface area contributed by atoms with E-state index in [2.05, 4.69) is 0 Å². The molecule has 0 unspecified atom stereocenters. The van der Waals surface area contributed by atoms with Gasteiger partial charge in [-0.1, -0.05) is 24.3 Å². The minimum Gasteiger partial charge on any atom is -0.444 e. The van der Waals surface area contributed by atoms with Crippen LogP contribution in [0.2, 0.25) is 0 Å². The fraction of sp³-hybridized carbons (Fsp3) is 0.462. The highest BCUT2D eigenvalue weighted by Gasteiger charge is 2.41. The Morgan fingerprint density at radius 2 is 1.51 bits per heavy atom. The largest absolute Gasteiger partial charge is 0.444 e. The van der Waals surface area contributed by atoms with Crippen molar-refractivity contribution in [3.05, 3.63) is 59.2 Å². The third-order valence-electron chi connectivity index (χ3n) is 5.76. The summed E-state index contributed by atoms with van der Waals surface area (Å²) in [4.78, 5) is 26.3. The summed E-state index contributed by atoms with van der Waals surface area (Å²) in [6.45, 7) is 4.64. The highest BCUT2D eigenvalue weighted by molar-refractivity contribution is 5.88. The van der Waals surface area contributed by atoms with Crippen LogP contribution in [-0.4, -0.2) is 41.1 Å². The molecule has 1 aliphatic rings. The summed E-state index contributed by atoms with van der Waals surface area (Å²) in [5.74, 6) is -0.421. The van der Waals surface area contributed by atoms with Crippen LogP contribution in [0.25, 0.3) is 11.1 Å². The molecular weight excluding hydrogens is 507 g/mol. The summed E-state index contributed by atoms with van der Waals surface area (Å²) in [5.41, 5.74) is -3.38. The van der Waals surface area contributed by atoms with Crippen molar-refractivity contribution >= 4 is 11.9 Å². The summed E-state index contributed by atoms with van der Waals surface area (Å²) < 4.78 is 98.7. The predicted octanol–water partition coefficient (Wildman–Crippen LogP) is 7.24. The van der Waals surface area contributed by atoms with Gasteiger partial charge in [-0.3, -0.25) is 9.69 Å². The average Bonchev–Trinajstić information content (AvgIpc) is 3.17. The molecule has 1 heterocycles. The topological polar surface area (TPSA) is 46.6 Å². The molecule has 2 aromatic rings. The number of alkyl halides is 7. The van der Waals surface area contributed by atoms with E-state index in [1.54, 1.807) is 26.8 Å². The van der Waals surface area contributed by atoms with E-state index < -0.39 is 53.2 Å². The second-order valence-corrected chi connectivity index (χ2v) is 9.94. The normalized spacial score (nSPS) is 18.7. The van der Waals surface area contributed by atoms with Gasteiger partial charge in [0.05, 0.1) is 23.7 Å². The predicted molar refractivity (Wildman–Crippen MR) is 121 cm³/mol. The van der Waals surface area contributed by atoms with Gasteiger partial charge in [0, 0.05) is 12.8 Å². The number of likely N-dealkylation sites (tertiary alicyclic amines) is 1. The van der Waals surface area contributed by atoms with Crippen LogP contribution in [-0.2, 0) is 28.3 Å². The first-order chi connectivity index (χ1) is 16.9. The highest BCUT2D eigenvalue weighted by Crippen LogP contribution is 2.39. The number of rotatable bonds is 5. The Morgan fingerprint density at radius 3 is 2.05 bits per heavy atom. The Labute approximate surface area is 209 Å². The van der Waals surface area contributed by atoms with Crippen LogP contribution in [0, 0.1) is 0 Å². The number of ether oxygens (including phenoxy) is 1. The number of carbonyl (C=O) groups is 2. The van der Waals surface area contributed by atoms with Gasteiger partial charge in [0.2, 0.25) is 0 Å². The first-order valence-corrected chi connectivity index (χ1v) is 11.5. The number of benzene rings is 2. The van der Waals surface area contributed by atoms with Crippen LogP contribution in [0.15, 0.2) is 42.5 Å². The van der Waals surface area contributed by atoms with Crippen LogP contribution in [0.5, 0.6) is 0 Å². The molecule has 202 valence electrons. The van der Waals surface area contributed by atoms with Crippen molar-refractivity contribution in [1.82, 2.24) is 4.90 Å². The summed E-state index contributed by atoms with van der Waals surface area (Å²) in [7, 11) is 0. The first kappa shape index (κ1) is 28.5. The maximum atomic E-state index is 14.1. The molecular formula is C26H26F7NO3. The molecule has 2 atom stereocenters. The van der Waals surface area contributed by atoms with Crippen molar-refractivity contribution < 1.29 is 45.1 Å². The van der Waals surface area contributed by atoms with Gasteiger partial charge in [0.25, 0.3) is 0 Å². The average molecular weight is 533 g/mol. The van der Waals surface area contributed by atoms with Crippen LogP contribution >= 0.6 is 0 Å². The van der Waals surface area contributed by atoms with Crippen LogP contribution in [0.4, 0.5) is 35.5 Å². The highest BCUT2D eigenvalue weighted by atomic mass is 19.4. The number of hydrogen-bond acceptors (Lipinski definition) is 3. The Morgan fingerprint density at radius 1 is 0.919 bits per heavy atom. The van der Waals surface area contributed by atoms with Crippen molar-refractivity contribution in [3.63, 3.8) is 0 Å². The number of ketones is 1. The minimum absolute atomic E-state index is 0.0577. The lowest BCUT2D eigenvalue weighted by Gasteiger charge is -2.27. The lowest BCUT2D eigenvalue weighted by molar-refractivity contribution is -0.143. The van der Waals surface area contributed by atoms with Crippen molar-refractivity contribution in [3.8, 4) is 11.1 Å². The maximum absolute atomic E-state index is 14.1. The fourth-order valence-electron chi connectivity index (χ4n) is 4.07. The molecule has 1 amide bonds. The zero-order valence-corrected chi connectivity index (χ0v) is 20.3. The van der Waals surface area contributed by atoms with Gasteiger partial charge >= 0.3 is 18.4 Å². The van der Waals surface area contributed by atoms with Gasteiger partial charge in [-0.05, 0) is 62.1 Å². The van der Waals surface area contributed by atoms with Gasteiger partial charge < -0.3 is 4.74 Å². The number of Topliss-reactive ketones (excluding diaryl/α,β-unsaturated/α-hetero) is 1. The van der Waals surface area contributed by atoms with Gasteiger partial charge in [0.1, 0.15) is 11.8 Å². The molecule has 4 nitrogen and oxygen atoms in total. The molecule has 1 saturated heterocycles. The molecule has 0 radical (unpaired) electrons. The third kappa shape index (κ3) is 7.45. The fourth-order valence-corrected chi connectivity index (χ4v) is 4.07. The Balaban J connectivity index is 1.79. The Hall–Kier alpha value is -3.11. The summed E-state index contributed by atoms with van der Waals surface area (Å²) in [5, 5.41) is 0. The van der Waals surface area contributed by atoms with E-state index in [0.717, 1.165) is 4.90 Å². The van der Waals surface area contributed by atoms with Gasteiger partial charge in [-0.25, -0.2) is 9.18 Å². The minimum atomic E-state index is -4.98. The summed E-state index contributed by atoms with van der Waals surface area (Å²) in [6.07, 6.45) is -12.4. The molecule has 0 bridgehead atoms. The smallest absolute Gasteiger partial charge is 0.416 e. The molecule has 2 aromatic carbocycles. The van der Waals surface area contributed by atoms with E-state index >= 15 is 0 Å². The third-order valence-corrected chi connectivity index (χ3v) is 5.76. The van der Waals surface area contributed by atoms with Crippen molar-refractivity contribution in [2.24, 2.45) is 0 Å². The van der Waals surface area contributed by atoms with Crippen molar-refractivity contribution in [2.45, 2.75) is 70.2 Å². The molecule has 0 N–H and O–H groups in total. The van der Waals surface area contributed by atoms with Crippen molar-refractivity contribution in [1.29, 1.82) is 0 Å². The molecule has 1 fully saturated rings. The van der Waals surface area contributed by atoms with Crippen LogP contribution in [0.1, 0.15) is 50.3 Å². The van der Waals surface area contributed by atoms with Crippen LogP contribution in [0.3, 0.4) is 0 Å². The molecule has 0 aromatic heterocycles. The second-order valence-electron chi connectivity index (χ2n) is 9.94. The summed E-state index contributed by atoms with van der Waals surface area (Å²) in [6, 6.07) is 6.12. The lowest BCUT2D eigenvalue weighted by atomic mass is 9.96. The molecule has 0 spiro atoms. The maximum Gasteiger partial charge on any atom is 0.416 e. The number of aryl methyl sites for hydroxylation is 1. The Kier molecular flexibility index (Phi) is 7.95. The Bertz CT molecular complexity index is 1120. The zero-order valence-electron chi connectivity index (χ0n) is 20.3. The number of carbonyl (C=O) groups excluding carboxylic acids is 2. The summed E-state index contributed by atoms with van der Waals surface area (Å²) >= 11 is 0. The van der Waals surface area contributed by atoms with E-state index in [1.807, 2.05) is 0 Å². The monoisotopic (exact) mass is 533 g/mol. The van der Waals surface area contributed by atoms with E-state index in [4.69, 9.17) is 4.74 Å². The van der Waals surface area contributed by atoms with Crippen LogP contribution < -0.4 is 0 Å². The van der Waals surface area contributed by atoms with Gasteiger partial charge in [-0.2, -0.15) is 26.3 Å². The second kappa shape index (κ2) is 10.3.